The molecule has 2 aromatic rings. The van der Waals surface area contributed by atoms with Gasteiger partial charge in [0.25, 0.3) is 11.8 Å². The normalized spacial score (nSPS) is 14.3. The van der Waals surface area contributed by atoms with E-state index in [9.17, 15) is 9.59 Å². The largest absolute Gasteiger partial charge is 0.349 e. The van der Waals surface area contributed by atoms with Crippen LogP contribution >= 0.6 is 34.2 Å². The Morgan fingerprint density at radius 3 is 2.44 bits per heavy atom. The Morgan fingerprint density at radius 2 is 1.72 bits per heavy atom. The van der Waals surface area contributed by atoms with Gasteiger partial charge in [-0.25, -0.2) is 0 Å². The van der Waals surface area contributed by atoms with Gasteiger partial charge in [0, 0.05) is 14.6 Å². The quantitative estimate of drug-likeness (QED) is 0.629. The highest BCUT2D eigenvalue weighted by Crippen LogP contribution is 2.22. The second kappa shape index (κ2) is 8.19. The lowest BCUT2D eigenvalue weighted by molar-refractivity contribution is 0.0939. The van der Waals surface area contributed by atoms with E-state index >= 15 is 0 Å². The van der Waals surface area contributed by atoms with Crippen molar-refractivity contribution in [3.8, 4) is 0 Å². The molecule has 4 nitrogen and oxygen atoms in total. The topological polar surface area (TPSA) is 58.2 Å². The SMILES string of the molecule is O=C(Nc1ccccc1C(=O)NC1CCCC1)c1ccc(Cl)cc1I. The minimum absolute atomic E-state index is 0.145. The minimum atomic E-state index is -0.262. The summed E-state index contributed by atoms with van der Waals surface area (Å²) in [6, 6.07) is 12.4. The second-order valence-corrected chi connectivity index (χ2v) is 7.68. The van der Waals surface area contributed by atoms with E-state index in [1.165, 1.54) is 0 Å². The number of hydrogen-bond donors (Lipinski definition) is 2. The van der Waals surface area contributed by atoms with Gasteiger partial charge < -0.3 is 10.6 Å². The van der Waals surface area contributed by atoms with Gasteiger partial charge in [-0.05, 0) is 65.8 Å². The van der Waals surface area contributed by atoms with E-state index < -0.39 is 0 Å². The first-order chi connectivity index (χ1) is 12.0. The van der Waals surface area contributed by atoms with E-state index in [0.717, 1.165) is 29.3 Å². The number of hydrogen-bond acceptors (Lipinski definition) is 2. The molecule has 0 heterocycles. The molecule has 3 rings (SSSR count). The molecule has 0 aromatic heterocycles. The number of amides is 2. The van der Waals surface area contributed by atoms with Crippen molar-refractivity contribution in [3.63, 3.8) is 0 Å². The Hall–Kier alpha value is -1.60. The van der Waals surface area contributed by atoms with E-state index in [1.807, 2.05) is 0 Å². The summed E-state index contributed by atoms with van der Waals surface area (Å²) in [6.45, 7) is 0. The van der Waals surface area contributed by atoms with E-state index in [-0.39, 0.29) is 17.9 Å². The van der Waals surface area contributed by atoms with Gasteiger partial charge in [-0.15, -0.1) is 0 Å². The number of anilines is 1. The molecule has 6 heteroatoms. The number of rotatable bonds is 4. The molecule has 0 spiro atoms. The van der Waals surface area contributed by atoms with Crippen molar-refractivity contribution in [2.24, 2.45) is 0 Å². The highest BCUT2D eigenvalue weighted by Gasteiger charge is 2.20. The Kier molecular flexibility index (Phi) is 5.96. The molecule has 0 atom stereocenters. The van der Waals surface area contributed by atoms with Gasteiger partial charge in [0.05, 0.1) is 16.8 Å². The molecule has 2 amide bonds. The Balaban J connectivity index is 1.78. The Morgan fingerprint density at radius 1 is 1.00 bits per heavy atom. The predicted molar refractivity (Wildman–Crippen MR) is 108 cm³/mol. The molecule has 2 N–H and O–H groups in total. The Labute approximate surface area is 165 Å². The van der Waals surface area contributed by atoms with Gasteiger partial charge in [-0.2, -0.15) is 0 Å². The van der Waals surface area contributed by atoms with Gasteiger partial charge in [0.15, 0.2) is 0 Å². The number of nitrogens with one attached hydrogen (secondary N) is 2. The summed E-state index contributed by atoms with van der Waals surface area (Å²) >= 11 is 8.01. The molecule has 0 bridgehead atoms. The standard InChI is InChI=1S/C19H18ClIN2O2/c20-12-9-10-14(16(21)11-12)18(24)23-17-8-4-3-7-15(17)19(25)22-13-5-1-2-6-13/h3-4,7-11,13H,1-2,5-6H2,(H,22,25)(H,23,24). The van der Waals surface area contributed by atoms with Gasteiger partial charge in [0.1, 0.15) is 0 Å². The van der Waals surface area contributed by atoms with Crippen molar-refractivity contribution in [2.75, 3.05) is 5.32 Å². The average Bonchev–Trinajstić information content (AvgIpc) is 3.08. The maximum absolute atomic E-state index is 12.6. The fourth-order valence-corrected chi connectivity index (χ4v) is 4.10. The van der Waals surface area contributed by atoms with Crippen LogP contribution in [0.1, 0.15) is 46.4 Å². The van der Waals surface area contributed by atoms with Gasteiger partial charge in [-0.3, -0.25) is 9.59 Å². The van der Waals surface area contributed by atoms with Crippen molar-refractivity contribution in [3.05, 3.63) is 62.2 Å². The molecule has 0 aliphatic heterocycles. The lowest BCUT2D eigenvalue weighted by atomic mass is 10.1. The van der Waals surface area contributed by atoms with E-state index in [4.69, 9.17) is 11.6 Å². The second-order valence-electron chi connectivity index (χ2n) is 6.08. The number of para-hydroxylation sites is 1. The molecule has 25 heavy (non-hydrogen) atoms. The minimum Gasteiger partial charge on any atom is -0.349 e. The number of carbonyl (C=O) groups excluding carboxylic acids is 2. The summed E-state index contributed by atoms with van der Waals surface area (Å²) in [5, 5.41) is 6.48. The Bertz CT molecular complexity index is 804. The lowest BCUT2D eigenvalue weighted by Gasteiger charge is -2.15. The third-order valence-electron chi connectivity index (χ3n) is 4.29. The fourth-order valence-electron chi connectivity index (χ4n) is 2.99. The van der Waals surface area contributed by atoms with Crippen LogP contribution in [0.25, 0.3) is 0 Å². The van der Waals surface area contributed by atoms with Crippen molar-refractivity contribution in [2.45, 2.75) is 31.7 Å². The van der Waals surface area contributed by atoms with Crippen LogP contribution in [0.2, 0.25) is 5.02 Å². The zero-order chi connectivity index (χ0) is 17.8. The van der Waals surface area contributed by atoms with Crippen LogP contribution in [0.3, 0.4) is 0 Å². The fraction of sp³-hybridized carbons (Fsp3) is 0.263. The number of halogens is 2. The van der Waals surface area contributed by atoms with E-state index in [0.29, 0.717) is 21.8 Å². The highest BCUT2D eigenvalue weighted by molar-refractivity contribution is 14.1. The molecule has 0 radical (unpaired) electrons. The van der Waals surface area contributed by atoms with Crippen molar-refractivity contribution in [1.29, 1.82) is 0 Å². The van der Waals surface area contributed by atoms with Gasteiger partial charge >= 0.3 is 0 Å². The first-order valence-corrected chi connectivity index (χ1v) is 9.66. The van der Waals surface area contributed by atoms with Crippen LogP contribution in [0.5, 0.6) is 0 Å². The zero-order valence-corrected chi connectivity index (χ0v) is 16.4. The number of benzene rings is 2. The predicted octanol–water partition coefficient (Wildman–Crippen LogP) is 4.87. The third kappa shape index (κ3) is 4.52. The van der Waals surface area contributed by atoms with Crippen LogP contribution in [0.15, 0.2) is 42.5 Å². The monoisotopic (exact) mass is 468 g/mol. The van der Waals surface area contributed by atoms with Crippen LogP contribution in [0.4, 0.5) is 5.69 Å². The number of carbonyl (C=O) groups is 2. The summed E-state index contributed by atoms with van der Waals surface area (Å²) in [5.41, 5.74) is 1.51. The summed E-state index contributed by atoms with van der Waals surface area (Å²) in [5.74, 6) is -0.407. The first-order valence-electron chi connectivity index (χ1n) is 8.21. The third-order valence-corrected chi connectivity index (χ3v) is 5.41. The van der Waals surface area contributed by atoms with Crippen LogP contribution in [-0.2, 0) is 0 Å². The molecule has 0 saturated heterocycles. The van der Waals surface area contributed by atoms with Crippen molar-refractivity contribution >= 4 is 51.7 Å². The maximum atomic E-state index is 12.6. The molecule has 2 aromatic carbocycles. The average molecular weight is 469 g/mol. The molecule has 130 valence electrons. The smallest absolute Gasteiger partial charge is 0.256 e. The highest BCUT2D eigenvalue weighted by atomic mass is 127. The molecular formula is C19H18ClIN2O2. The lowest BCUT2D eigenvalue weighted by Crippen LogP contribution is -2.33. The van der Waals surface area contributed by atoms with Crippen LogP contribution in [0, 0.1) is 3.57 Å². The molecule has 1 aliphatic rings. The van der Waals surface area contributed by atoms with Crippen molar-refractivity contribution in [1.82, 2.24) is 5.32 Å². The maximum Gasteiger partial charge on any atom is 0.256 e. The molecule has 1 saturated carbocycles. The zero-order valence-electron chi connectivity index (χ0n) is 13.5. The van der Waals surface area contributed by atoms with Gasteiger partial charge in [-0.1, -0.05) is 36.6 Å². The van der Waals surface area contributed by atoms with E-state index in [2.05, 4.69) is 33.2 Å². The van der Waals surface area contributed by atoms with Crippen LogP contribution in [-0.4, -0.2) is 17.9 Å². The van der Waals surface area contributed by atoms with Gasteiger partial charge in [0.2, 0.25) is 0 Å². The molecule has 1 aliphatic carbocycles. The first kappa shape index (κ1) is 18.2. The van der Waals surface area contributed by atoms with Crippen molar-refractivity contribution < 1.29 is 9.59 Å². The van der Waals surface area contributed by atoms with E-state index in [1.54, 1.807) is 42.5 Å². The molecule has 1 fully saturated rings. The summed E-state index contributed by atoms with van der Waals surface area (Å²) in [6.07, 6.45) is 4.34. The summed E-state index contributed by atoms with van der Waals surface area (Å²) in [7, 11) is 0. The molecule has 0 unspecified atom stereocenters. The molecular weight excluding hydrogens is 451 g/mol. The summed E-state index contributed by atoms with van der Waals surface area (Å²) < 4.78 is 0.760. The summed E-state index contributed by atoms with van der Waals surface area (Å²) in [4.78, 5) is 25.1. The van der Waals surface area contributed by atoms with Crippen LogP contribution < -0.4 is 10.6 Å².